The van der Waals surface area contributed by atoms with Crippen LogP contribution in [0.2, 0.25) is 0 Å². The van der Waals surface area contributed by atoms with Crippen molar-refractivity contribution in [1.82, 2.24) is 4.98 Å². The van der Waals surface area contributed by atoms with E-state index in [0.29, 0.717) is 5.69 Å². The van der Waals surface area contributed by atoms with E-state index in [1.807, 2.05) is 17.5 Å². The van der Waals surface area contributed by atoms with Crippen molar-refractivity contribution in [2.24, 2.45) is 0 Å². The van der Waals surface area contributed by atoms with Crippen molar-refractivity contribution in [1.29, 1.82) is 0 Å². The molecule has 3 heteroatoms. The summed E-state index contributed by atoms with van der Waals surface area (Å²) in [5.41, 5.74) is 10.1. The standard InChI is InChI=1S/C9H7N2S/c10-8-4-2-1-3-7(8)9-5-12-6-11-9/h1-3,5-6H,10H2. The van der Waals surface area contributed by atoms with Gasteiger partial charge in [0.05, 0.1) is 11.2 Å². The summed E-state index contributed by atoms with van der Waals surface area (Å²) in [6.07, 6.45) is 0. The zero-order chi connectivity index (χ0) is 8.39. The van der Waals surface area contributed by atoms with Crippen LogP contribution in [0.25, 0.3) is 11.3 Å². The smallest absolute Gasteiger partial charge is 0.0832 e. The maximum absolute atomic E-state index is 5.72. The van der Waals surface area contributed by atoms with Crippen LogP contribution in [0.5, 0.6) is 0 Å². The molecule has 2 rings (SSSR count). The lowest BCUT2D eigenvalue weighted by atomic mass is 10.1. The van der Waals surface area contributed by atoms with E-state index >= 15 is 0 Å². The summed E-state index contributed by atoms with van der Waals surface area (Å²) in [6, 6.07) is 8.58. The molecule has 1 aromatic heterocycles. The molecular weight excluding hydrogens is 168 g/mol. The highest BCUT2D eigenvalue weighted by Gasteiger charge is 2.01. The Morgan fingerprint density at radius 3 is 3.08 bits per heavy atom. The lowest BCUT2D eigenvalue weighted by Gasteiger charge is -1.99. The second-order valence-electron chi connectivity index (χ2n) is 2.37. The molecule has 0 saturated carbocycles. The van der Waals surface area contributed by atoms with Crippen molar-refractivity contribution in [3.63, 3.8) is 0 Å². The van der Waals surface area contributed by atoms with Gasteiger partial charge < -0.3 is 5.73 Å². The summed E-state index contributed by atoms with van der Waals surface area (Å²) >= 11 is 1.56. The van der Waals surface area contributed by atoms with E-state index < -0.39 is 0 Å². The summed E-state index contributed by atoms with van der Waals surface area (Å²) < 4.78 is 0. The van der Waals surface area contributed by atoms with Gasteiger partial charge in [-0.15, -0.1) is 11.3 Å². The first-order chi connectivity index (χ1) is 5.88. The second-order valence-corrected chi connectivity index (χ2v) is 3.09. The SMILES string of the molecule is Nc1[c]cccc1-c1cscn1. The molecule has 0 saturated heterocycles. The van der Waals surface area contributed by atoms with E-state index in [9.17, 15) is 0 Å². The van der Waals surface area contributed by atoms with Crippen LogP contribution < -0.4 is 5.73 Å². The van der Waals surface area contributed by atoms with Gasteiger partial charge in [0.1, 0.15) is 0 Å². The molecule has 12 heavy (non-hydrogen) atoms. The Kier molecular flexibility index (Phi) is 1.80. The van der Waals surface area contributed by atoms with Crippen LogP contribution in [0, 0.1) is 6.07 Å². The zero-order valence-electron chi connectivity index (χ0n) is 6.32. The monoisotopic (exact) mass is 175 g/mol. The van der Waals surface area contributed by atoms with Crippen molar-refractivity contribution in [3.8, 4) is 11.3 Å². The van der Waals surface area contributed by atoms with Gasteiger partial charge in [-0.1, -0.05) is 18.2 Å². The summed E-state index contributed by atoms with van der Waals surface area (Å²) in [6.45, 7) is 0. The first kappa shape index (κ1) is 7.31. The Morgan fingerprint density at radius 1 is 1.50 bits per heavy atom. The number of benzene rings is 1. The molecule has 2 N–H and O–H groups in total. The van der Waals surface area contributed by atoms with Gasteiger partial charge in [-0.25, -0.2) is 4.98 Å². The van der Waals surface area contributed by atoms with Crippen LogP contribution in [0.15, 0.2) is 29.1 Å². The quantitative estimate of drug-likeness (QED) is 0.675. The third-order valence-electron chi connectivity index (χ3n) is 1.60. The van der Waals surface area contributed by atoms with Gasteiger partial charge in [0.25, 0.3) is 0 Å². The van der Waals surface area contributed by atoms with Crippen LogP contribution in [-0.4, -0.2) is 4.98 Å². The van der Waals surface area contributed by atoms with Crippen LogP contribution >= 0.6 is 11.3 Å². The number of hydrogen-bond donors (Lipinski definition) is 1. The molecule has 0 bridgehead atoms. The lowest BCUT2D eigenvalue weighted by molar-refractivity contribution is 1.41. The number of hydrogen-bond acceptors (Lipinski definition) is 3. The maximum Gasteiger partial charge on any atom is 0.0832 e. The molecule has 0 unspecified atom stereocenters. The minimum absolute atomic E-state index is 0.656. The Balaban J connectivity index is 2.55. The molecule has 2 aromatic rings. The van der Waals surface area contributed by atoms with Crippen molar-refractivity contribution < 1.29 is 0 Å². The predicted octanol–water partition coefficient (Wildman–Crippen LogP) is 2.19. The van der Waals surface area contributed by atoms with E-state index in [1.54, 1.807) is 22.9 Å². The van der Waals surface area contributed by atoms with Crippen LogP contribution in [-0.2, 0) is 0 Å². The highest BCUT2D eigenvalue weighted by Crippen LogP contribution is 2.23. The van der Waals surface area contributed by atoms with Crippen LogP contribution in [0.1, 0.15) is 0 Å². The minimum atomic E-state index is 0.656. The number of nitrogens with zero attached hydrogens (tertiary/aromatic N) is 1. The first-order valence-corrected chi connectivity index (χ1v) is 4.47. The van der Waals surface area contributed by atoms with E-state index in [4.69, 9.17) is 5.73 Å². The Morgan fingerprint density at radius 2 is 2.42 bits per heavy atom. The Bertz CT molecular complexity index is 368. The fourth-order valence-electron chi connectivity index (χ4n) is 1.02. The number of para-hydroxylation sites is 1. The van der Waals surface area contributed by atoms with E-state index in [2.05, 4.69) is 11.1 Å². The van der Waals surface area contributed by atoms with Crippen molar-refractivity contribution >= 4 is 17.0 Å². The van der Waals surface area contributed by atoms with Gasteiger partial charge in [0.2, 0.25) is 0 Å². The van der Waals surface area contributed by atoms with Gasteiger partial charge in [0, 0.05) is 22.7 Å². The van der Waals surface area contributed by atoms with Crippen molar-refractivity contribution in [2.45, 2.75) is 0 Å². The highest BCUT2D eigenvalue weighted by atomic mass is 32.1. The fourth-order valence-corrected chi connectivity index (χ4v) is 1.57. The van der Waals surface area contributed by atoms with E-state index in [1.165, 1.54) is 0 Å². The van der Waals surface area contributed by atoms with Gasteiger partial charge >= 0.3 is 0 Å². The molecule has 1 heterocycles. The number of nitrogens with two attached hydrogens (primary N) is 1. The number of rotatable bonds is 1. The predicted molar refractivity (Wildman–Crippen MR) is 50.8 cm³/mol. The summed E-state index contributed by atoms with van der Waals surface area (Å²) in [5, 5.41) is 1.97. The van der Waals surface area contributed by atoms with Crippen molar-refractivity contribution in [2.75, 3.05) is 5.73 Å². The summed E-state index contributed by atoms with van der Waals surface area (Å²) in [7, 11) is 0. The summed E-state index contributed by atoms with van der Waals surface area (Å²) in [4.78, 5) is 4.17. The molecule has 1 radical (unpaired) electrons. The maximum atomic E-state index is 5.72. The molecule has 2 nitrogen and oxygen atoms in total. The third kappa shape index (κ3) is 1.19. The molecule has 0 fully saturated rings. The second kappa shape index (κ2) is 2.95. The van der Waals surface area contributed by atoms with Crippen LogP contribution in [0.4, 0.5) is 5.69 Å². The molecule has 0 atom stereocenters. The highest BCUT2D eigenvalue weighted by molar-refractivity contribution is 7.07. The Hall–Kier alpha value is -1.35. The molecular formula is C9H7N2S. The lowest BCUT2D eigenvalue weighted by Crippen LogP contribution is -1.88. The van der Waals surface area contributed by atoms with Crippen LogP contribution in [0.3, 0.4) is 0 Å². The average Bonchev–Trinajstić information content (AvgIpc) is 2.57. The Labute approximate surface area is 74.7 Å². The molecule has 0 aliphatic carbocycles. The van der Waals surface area contributed by atoms with Gasteiger partial charge in [-0.05, 0) is 0 Å². The third-order valence-corrected chi connectivity index (χ3v) is 2.18. The van der Waals surface area contributed by atoms with E-state index in [-0.39, 0.29) is 0 Å². The summed E-state index contributed by atoms with van der Waals surface area (Å²) in [5.74, 6) is 0. The van der Waals surface area contributed by atoms with E-state index in [0.717, 1.165) is 11.3 Å². The van der Waals surface area contributed by atoms with Crippen molar-refractivity contribution in [3.05, 3.63) is 35.2 Å². The molecule has 1 aromatic carbocycles. The molecule has 0 aliphatic heterocycles. The number of nitrogen functional groups attached to an aromatic ring is 1. The zero-order valence-corrected chi connectivity index (χ0v) is 7.14. The number of aromatic nitrogens is 1. The largest absolute Gasteiger partial charge is 0.398 e. The number of thiazole rings is 1. The topological polar surface area (TPSA) is 38.9 Å². The van der Waals surface area contributed by atoms with Gasteiger partial charge in [-0.2, -0.15) is 0 Å². The van der Waals surface area contributed by atoms with Gasteiger partial charge in [0.15, 0.2) is 0 Å². The van der Waals surface area contributed by atoms with Gasteiger partial charge in [-0.3, -0.25) is 0 Å². The minimum Gasteiger partial charge on any atom is -0.398 e. The molecule has 59 valence electrons. The normalized spacial score (nSPS) is 10.0. The molecule has 0 spiro atoms. The number of anilines is 1. The first-order valence-electron chi connectivity index (χ1n) is 3.52. The molecule has 0 aliphatic rings. The molecule has 0 amide bonds. The fraction of sp³-hybridized carbons (Fsp3) is 0. The average molecular weight is 175 g/mol.